The van der Waals surface area contributed by atoms with Crippen LogP contribution in [0.1, 0.15) is 39.2 Å². The van der Waals surface area contributed by atoms with Crippen molar-refractivity contribution in [3.05, 3.63) is 23.8 Å². The highest BCUT2D eigenvalue weighted by Crippen LogP contribution is 2.65. The van der Waals surface area contributed by atoms with Gasteiger partial charge in [0.25, 0.3) is 0 Å². The second-order valence-electron chi connectivity index (χ2n) is 7.63. The molecule has 122 valence electrons. The molecular weight excluding hydrogens is 278 g/mol. The molecule has 0 radical (unpaired) electrons. The Morgan fingerprint density at radius 1 is 1.32 bits per heavy atom. The summed E-state index contributed by atoms with van der Waals surface area (Å²) in [6, 6.07) is 5.32. The molecule has 3 rings (SSSR count). The van der Waals surface area contributed by atoms with Crippen LogP contribution in [0.2, 0.25) is 0 Å². The van der Waals surface area contributed by atoms with Gasteiger partial charge in [0, 0.05) is 23.6 Å². The van der Waals surface area contributed by atoms with Crippen LogP contribution < -0.4 is 10.1 Å². The molecule has 0 spiro atoms. The monoisotopic (exact) mass is 305 g/mol. The van der Waals surface area contributed by atoms with Gasteiger partial charge in [-0.05, 0) is 42.4 Å². The van der Waals surface area contributed by atoms with Crippen molar-refractivity contribution in [2.75, 3.05) is 7.11 Å². The summed E-state index contributed by atoms with van der Waals surface area (Å²) in [5.74, 6) is 1.46. The quantitative estimate of drug-likeness (QED) is 0.800. The Kier molecular flexibility index (Phi) is 3.65. The maximum atomic E-state index is 10.8. The number of benzene rings is 1. The highest BCUT2D eigenvalue weighted by Gasteiger charge is 2.65. The molecule has 2 bridgehead atoms. The second kappa shape index (κ2) is 5.14. The van der Waals surface area contributed by atoms with Crippen molar-refractivity contribution in [1.29, 1.82) is 0 Å². The zero-order chi connectivity index (χ0) is 16.1. The van der Waals surface area contributed by atoms with E-state index in [0.29, 0.717) is 12.5 Å². The predicted molar refractivity (Wildman–Crippen MR) is 85.9 cm³/mol. The van der Waals surface area contributed by atoms with E-state index in [0.717, 1.165) is 24.2 Å². The van der Waals surface area contributed by atoms with E-state index < -0.39 is 0 Å². The molecule has 2 aliphatic rings. The van der Waals surface area contributed by atoms with Gasteiger partial charge in [0.05, 0.1) is 13.2 Å². The van der Waals surface area contributed by atoms with Crippen LogP contribution in [0.3, 0.4) is 0 Å². The van der Waals surface area contributed by atoms with Crippen LogP contribution in [-0.4, -0.2) is 29.5 Å². The summed E-state index contributed by atoms with van der Waals surface area (Å²) < 4.78 is 5.21. The molecule has 0 aromatic heterocycles. The minimum atomic E-state index is -0.339. The van der Waals surface area contributed by atoms with Crippen LogP contribution in [0.4, 0.5) is 0 Å². The number of aliphatic hydroxyl groups is 1. The number of phenolic OH excluding ortho intramolecular Hbond substituents is 1. The molecule has 1 aromatic carbocycles. The lowest BCUT2D eigenvalue weighted by Gasteiger charge is -2.37. The van der Waals surface area contributed by atoms with Crippen LogP contribution in [0.15, 0.2) is 18.2 Å². The molecular formula is C18H27NO3. The molecule has 4 nitrogen and oxygen atoms in total. The molecule has 0 heterocycles. The number of ether oxygens (including phenoxy) is 1. The van der Waals surface area contributed by atoms with E-state index in [1.165, 1.54) is 0 Å². The van der Waals surface area contributed by atoms with Crippen LogP contribution >= 0.6 is 0 Å². The topological polar surface area (TPSA) is 61.7 Å². The van der Waals surface area contributed by atoms with Gasteiger partial charge in [0.2, 0.25) is 0 Å². The molecule has 0 aliphatic heterocycles. The van der Waals surface area contributed by atoms with Gasteiger partial charge < -0.3 is 20.3 Å². The molecule has 2 fully saturated rings. The van der Waals surface area contributed by atoms with Crippen molar-refractivity contribution >= 4 is 0 Å². The Hall–Kier alpha value is -1.26. The van der Waals surface area contributed by atoms with Gasteiger partial charge in [-0.25, -0.2) is 0 Å². The maximum absolute atomic E-state index is 10.8. The Bertz CT molecular complexity index is 571. The zero-order valence-electron chi connectivity index (χ0n) is 13.9. The molecule has 0 unspecified atom stereocenters. The Morgan fingerprint density at radius 2 is 2.05 bits per heavy atom. The van der Waals surface area contributed by atoms with Crippen molar-refractivity contribution in [3.63, 3.8) is 0 Å². The lowest BCUT2D eigenvalue weighted by atomic mass is 9.70. The summed E-state index contributed by atoms with van der Waals surface area (Å²) >= 11 is 0. The fourth-order valence-electron chi connectivity index (χ4n) is 4.65. The summed E-state index contributed by atoms with van der Waals surface area (Å²) in [5.41, 5.74) is 0.920. The van der Waals surface area contributed by atoms with Gasteiger partial charge in [-0.2, -0.15) is 0 Å². The molecule has 2 aliphatic carbocycles. The van der Waals surface area contributed by atoms with Gasteiger partial charge >= 0.3 is 0 Å². The van der Waals surface area contributed by atoms with E-state index in [1.54, 1.807) is 19.2 Å². The Balaban J connectivity index is 1.76. The van der Waals surface area contributed by atoms with E-state index in [-0.39, 0.29) is 28.7 Å². The van der Waals surface area contributed by atoms with Gasteiger partial charge in [-0.15, -0.1) is 0 Å². The van der Waals surface area contributed by atoms with E-state index in [1.807, 2.05) is 6.07 Å². The van der Waals surface area contributed by atoms with Gasteiger partial charge in [-0.1, -0.05) is 20.8 Å². The number of aliphatic hydroxyl groups excluding tert-OH is 1. The number of rotatable bonds is 4. The van der Waals surface area contributed by atoms with Crippen LogP contribution in [-0.2, 0) is 6.54 Å². The Morgan fingerprint density at radius 3 is 2.64 bits per heavy atom. The van der Waals surface area contributed by atoms with Gasteiger partial charge in [0.1, 0.15) is 11.5 Å². The molecule has 0 amide bonds. The summed E-state index contributed by atoms with van der Waals surface area (Å²) in [7, 11) is 1.62. The van der Waals surface area contributed by atoms with E-state index in [9.17, 15) is 10.2 Å². The number of fused-ring (bicyclic) bond motifs is 2. The number of phenols is 1. The highest BCUT2D eigenvalue weighted by molar-refractivity contribution is 5.39. The molecule has 1 aromatic rings. The number of nitrogens with one attached hydrogen (secondary N) is 1. The smallest absolute Gasteiger partial charge is 0.120 e. The Labute approximate surface area is 132 Å². The third-order valence-corrected chi connectivity index (χ3v) is 6.61. The van der Waals surface area contributed by atoms with Gasteiger partial charge in [-0.3, -0.25) is 0 Å². The maximum Gasteiger partial charge on any atom is 0.120 e. The van der Waals surface area contributed by atoms with E-state index in [4.69, 9.17) is 4.74 Å². The number of aromatic hydroxyl groups is 1. The first kappa shape index (κ1) is 15.6. The van der Waals surface area contributed by atoms with Crippen molar-refractivity contribution in [2.24, 2.45) is 16.7 Å². The van der Waals surface area contributed by atoms with Crippen molar-refractivity contribution in [3.8, 4) is 11.5 Å². The average molecular weight is 305 g/mol. The third kappa shape index (κ3) is 2.04. The molecule has 4 atom stereocenters. The minimum absolute atomic E-state index is 0.0221. The lowest BCUT2D eigenvalue weighted by Crippen LogP contribution is -2.46. The summed E-state index contributed by atoms with van der Waals surface area (Å²) in [6.07, 6.45) is 1.91. The number of methoxy groups -OCH3 is 1. The van der Waals surface area contributed by atoms with Gasteiger partial charge in [0.15, 0.2) is 0 Å². The highest BCUT2D eigenvalue weighted by atomic mass is 16.5. The van der Waals surface area contributed by atoms with Crippen molar-refractivity contribution < 1.29 is 14.9 Å². The summed E-state index contributed by atoms with van der Waals surface area (Å²) in [5, 5.41) is 24.3. The van der Waals surface area contributed by atoms with Crippen LogP contribution in [0, 0.1) is 16.7 Å². The number of hydrogen-bond acceptors (Lipinski definition) is 4. The molecule has 22 heavy (non-hydrogen) atoms. The fourth-order valence-corrected chi connectivity index (χ4v) is 4.65. The number of hydrogen-bond donors (Lipinski definition) is 3. The van der Waals surface area contributed by atoms with E-state index in [2.05, 4.69) is 26.1 Å². The third-order valence-electron chi connectivity index (χ3n) is 6.61. The summed E-state index contributed by atoms with van der Waals surface area (Å²) in [6.45, 7) is 7.30. The largest absolute Gasteiger partial charge is 0.508 e. The minimum Gasteiger partial charge on any atom is -0.508 e. The second-order valence-corrected chi connectivity index (χ2v) is 7.63. The van der Waals surface area contributed by atoms with Crippen molar-refractivity contribution in [1.82, 2.24) is 5.32 Å². The first-order valence-electron chi connectivity index (χ1n) is 8.08. The molecule has 2 saturated carbocycles. The first-order chi connectivity index (χ1) is 10.3. The lowest BCUT2D eigenvalue weighted by molar-refractivity contribution is -0.000205. The average Bonchev–Trinajstić information content (AvgIpc) is 2.79. The SMILES string of the molecule is COc1ccc(O)c(CN[C@@H]2[C@H]3CC[C@@](C)([C@@H]2O)C3(C)C)c1. The normalized spacial score (nSPS) is 35.8. The van der Waals surface area contributed by atoms with Crippen LogP contribution in [0.5, 0.6) is 11.5 Å². The fraction of sp³-hybridized carbons (Fsp3) is 0.667. The van der Waals surface area contributed by atoms with Crippen LogP contribution in [0.25, 0.3) is 0 Å². The zero-order valence-corrected chi connectivity index (χ0v) is 13.9. The molecule has 0 saturated heterocycles. The first-order valence-corrected chi connectivity index (χ1v) is 8.08. The molecule has 3 N–H and O–H groups in total. The standard InChI is InChI=1S/C18H27NO3/c1-17(2)13-7-8-18(17,3)16(21)15(13)19-10-11-9-12(22-4)5-6-14(11)20/h5-6,9,13,15-16,19-21H,7-8,10H2,1-4H3/t13-,15-,16-,18+/m1/s1. The summed E-state index contributed by atoms with van der Waals surface area (Å²) in [4.78, 5) is 0. The van der Waals surface area contributed by atoms with E-state index >= 15 is 0 Å². The molecule has 4 heteroatoms. The predicted octanol–water partition coefficient (Wildman–Crippen LogP) is 2.68. The van der Waals surface area contributed by atoms with Crippen molar-refractivity contribution in [2.45, 2.75) is 52.3 Å².